The first kappa shape index (κ1) is 21.5. The van der Waals surface area contributed by atoms with Gasteiger partial charge in [0.2, 0.25) is 5.91 Å². The van der Waals surface area contributed by atoms with Crippen molar-refractivity contribution in [3.8, 4) is 0 Å². The van der Waals surface area contributed by atoms with Crippen LogP contribution in [0.5, 0.6) is 0 Å². The van der Waals surface area contributed by atoms with E-state index in [0.29, 0.717) is 36.0 Å². The number of fused-ring (bicyclic) bond motifs is 1. The van der Waals surface area contributed by atoms with Gasteiger partial charge in [-0.25, -0.2) is 9.67 Å². The summed E-state index contributed by atoms with van der Waals surface area (Å²) in [6.45, 7) is 7.90. The second-order valence-corrected chi connectivity index (χ2v) is 9.85. The maximum atomic E-state index is 12.7. The first-order chi connectivity index (χ1) is 14.7. The SMILES string of the molecule is CC(C)(C)CC(=O)N1CCC[C@@H](c2nc3c(nnn3Cc3cccc(Cl)c3)c(=O)[nH]2)C1. The van der Waals surface area contributed by atoms with Gasteiger partial charge < -0.3 is 9.88 Å². The van der Waals surface area contributed by atoms with Crippen molar-refractivity contribution in [2.75, 3.05) is 13.1 Å². The van der Waals surface area contributed by atoms with Gasteiger partial charge in [0.25, 0.3) is 5.56 Å². The Morgan fingerprint density at radius 2 is 2.13 bits per heavy atom. The lowest BCUT2D eigenvalue weighted by Gasteiger charge is -2.34. The number of hydrogen-bond donors (Lipinski definition) is 1. The number of rotatable bonds is 4. The summed E-state index contributed by atoms with van der Waals surface area (Å²) in [6, 6.07) is 7.46. The highest BCUT2D eigenvalue weighted by molar-refractivity contribution is 6.30. The number of aromatic amines is 1. The lowest BCUT2D eigenvalue weighted by Crippen LogP contribution is -2.41. The summed E-state index contributed by atoms with van der Waals surface area (Å²) >= 11 is 6.09. The minimum atomic E-state index is -0.310. The van der Waals surface area contributed by atoms with Crippen molar-refractivity contribution in [2.24, 2.45) is 5.41 Å². The van der Waals surface area contributed by atoms with Gasteiger partial charge in [0.15, 0.2) is 11.2 Å². The smallest absolute Gasteiger partial charge is 0.281 e. The Labute approximate surface area is 185 Å². The fourth-order valence-electron chi connectivity index (χ4n) is 3.98. The molecule has 0 aliphatic carbocycles. The number of hydrogen-bond acceptors (Lipinski definition) is 5. The number of benzene rings is 1. The number of nitrogens with zero attached hydrogens (tertiary/aromatic N) is 5. The van der Waals surface area contributed by atoms with Crippen LogP contribution in [0.2, 0.25) is 5.02 Å². The first-order valence-corrected chi connectivity index (χ1v) is 10.9. The highest BCUT2D eigenvalue weighted by Crippen LogP contribution is 2.27. The van der Waals surface area contributed by atoms with Crippen LogP contribution in [0.25, 0.3) is 11.2 Å². The molecule has 164 valence electrons. The van der Waals surface area contributed by atoms with Crippen LogP contribution in [0.15, 0.2) is 29.1 Å². The molecule has 2 aromatic heterocycles. The van der Waals surface area contributed by atoms with E-state index >= 15 is 0 Å². The molecule has 1 fully saturated rings. The van der Waals surface area contributed by atoms with Crippen molar-refractivity contribution in [2.45, 2.75) is 52.5 Å². The number of likely N-dealkylation sites (tertiary alicyclic amines) is 1. The summed E-state index contributed by atoms with van der Waals surface area (Å²) in [5.74, 6) is 0.706. The van der Waals surface area contributed by atoms with Gasteiger partial charge in [-0.1, -0.05) is 49.7 Å². The average molecular weight is 443 g/mol. The average Bonchev–Trinajstić information content (AvgIpc) is 3.10. The third-order valence-electron chi connectivity index (χ3n) is 5.46. The number of piperidine rings is 1. The molecule has 0 saturated carbocycles. The quantitative estimate of drug-likeness (QED) is 0.668. The molecule has 9 heteroatoms. The van der Waals surface area contributed by atoms with Crippen molar-refractivity contribution in [1.82, 2.24) is 29.9 Å². The molecule has 1 aromatic carbocycles. The van der Waals surface area contributed by atoms with Crippen molar-refractivity contribution >= 4 is 28.7 Å². The Hall–Kier alpha value is -2.74. The number of amides is 1. The van der Waals surface area contributed by atoms with Crippen LogP contribution in [-0.2, 0) is 11.3 Å². The summed E-state index contributed by atoms with van der Waals surface area (Å²) in [5.41, 5.74) is 1.22. The Balaban J connectivity index is 1.60. The molecule has 1 amide bonds. The van der Waals surface area contributed by atoms with Crippen molar-refractivity contribution in [1.29, 1.82) is 0 Å². The molecule has 1 aliphatic heterocycles. The minimum Gasteiger partial charge on any atom is -0.342 e. The summed E-state index contributed by atoms with van der Waals surface area (Å²) in [7, 11) is 0. The first-order valence-electron chi connectivity index (χ1n) is 10.6. The van der Waals surface area contributed by atoms with E-state index in [2.05, 4.69) is 36.1 Å². The van der Waals surface area contributed by atoms with E-state index in [0.717, 1.165) is 24.9 Å². The lowest BCUT2D eigenvalue weighted by atomic mass is 9.90. The monoisotopic (exact) mass is 442 g/mol. The minimum absolute atomic E-state index is 0.0238. The third kappa shape index (κ3) is 4.95. The van der Waals surface area contributed by atoms with E-state index in [-0.39, 0.29) is 28.3 Å². The molecule has 0 unspecified atom stereocenters. The number of halogens is 1. The second kappa shape index (κ2) is 8.42. The Bertz CT molecular complexity index is 1160. The molecule has 1 atom stereocenters. The van der Waals surface area contributed by atoms with Crippen LogP contribution in [0.1, 0.15) is 57.3 Å². The predicted molar refractivity (Wildman–Crippen MR) is 119 cm³/mol. The highest BCUT2D eigenvalue weighted by Gasteiger charge is 2.29. The molecular weight excluding hydrogens is 416 g/mol. The van der Waals surface area contributed by atoms with Crippen molar-refractivity contribution < 1.29 is 4.79 Å². The molecule has 3 aromatic rings. The van der Waals surface area contributed by atoms with E-state index in [9.17, 15) is 9.59 Å². The number of aromatic nitrogens is 5. The fourth-order valence-corrected chi connectivity index (χ4v) is 4.20. The van der Waals surface area contributed by atoms with E-state index in [4.69, 9.17) is 16.6 Å². The molecule has 31 heavy (non-hydrogen) atoms. The summed E-state index contributed by atoms with van der Waals surface area (Å²) in [6.07, 6.45) is 2.24. The molecule has 4 rings (SSSR count). The molecule has 8 nitrogen and oxygen atoms in total. The number of nitrogens with one attached hydrogen (secondary N) is 1. The van der Waals surface area contributed by atoms with Gasteiger partial charge in [-0.2, -0.15) is 0 Å². The zero-order valence-electron chi connectivity index (χ0n) is 18.1. The van der Waals surface area contributed by atoms with Crippen LogP contribution in [0.4, 0.5) is 0 Å². The van der Waals surface area contributed by atoms with Gasteiger partial charge in [0.1, 0.15) is 5.82 Å². The van der Waals surface area contributed by atoms with Crippen LogP contribution in [-0.4, -0.2) is 48.9 Å². The van der Waals surface area contributed by atoms with Crippen LogP contribution < -0.4 is 5.56 Å². The van der Waals surface area contributed by atoms with Gasteiger partial charge >= 0.3 is 0 Å². The number of H-pyrrole nitrogens is 1. The normalized spacial score (nSPS) is 17.3. The Morgan fingerprint density at radius 3 is 2.87 bits per heavy atom. The van der Waals surface area contributed by atoms with Crippen molar-refractivity contribution in [3.05, 3.63) is 51.0 Å². The zero-order chi connectivity index (χ0) is 22.2. The zero-order valence-corrected chi connectivity index (χ0v) is 18.8. The summed E-state index contributed by atoms with van der Waals surface area (Å²) in [5, 5.41) is 8.78. The van der Waals surface area contributed by atoms with Gasteiger partial charge in [0.05, 0.1) is 6.54 Å². The van der Waals surface area contributed by atoms with Gasteiger partial charge in [-0.3, -0.25) is 9.59 Å². The molecular formula is C22H27ClN6O2. The third-order valence-corrected chi connectivity index (χ3v) is 5.69. The van der Waals surface area contributed by atoms with Gasteiger partial charge in [0, 0.05) is 30.5 Å². The van der Waals surface area contributed by atoms with Crippen LogP contribution in [0.3, 0.4) is 0 Å². The summed E-state index contributed by atoms with van der Waals surface area (Å²) in [4.78, 5) is 34.8. The molecule has 3 heterocycles. The standard InChI is InChI=1S/C22H27ClN6O2/c1-22(2,3)11-17(30)28-9-5-7-15(13-28)19-24-20-18(21(31)25-19)26-27-29(20)12-14-6-4-8-16(23)10-14/h4,6,8,10,15H,5,7,9,11-13H2,1-3H3,(H,24,25,31)/t15-/m1/s1. The summed E-state index contributed by atoms with van der Waals surface area (Å²) < 4.78 is 1.62. The molecule has 1 N–H and O–H groups in total. The van der Waals surface area contributed by atoms with E-state index in [1.54, 1.807) is 10.7 Å². The molecule has 0 spiro atoms. The molecule has 1 aliphatic rings. The Morgan fingerprint density at radius 1 is 1.32 bits per heavy atom. The maximum absolute atomic E-state index is 12.7. The molecule has 0 radical (unpaired) electrons. The largest absolute Gasteiger partial charge is 0.342 e. The maximum Gasteiger partial charge on any atom is 0.281 e. The van der Waals surface area contributed by atoms with Gasteiger partial charge in [-0.15, -0.1) is 5.10 Å². The molecule has 0 bridgehead atoms. The lowest BCUT2D eigenvalue weighted by molar-refractivity contribution is -0.134. The second-order valence-electron chi connectivity index (χ2n) is 9.42. The van der Waals surface area contributed by atoms with E-state index in [1.165, 1.54) is 0 Å². The number of carbonyl (C=O) groups is 1. The molecule has 1 saturated heterocycles. The topological polar surface area (TPSA) is 96.8 Å². The number of carbonyl (C=O) groups excluding carboxylic acids is 1. The highest BCUT2D eigenvalue weighted by atomic mass is 35.5. The predicted octanol–water partition coefficient (Wildman–Crippen LogP) is 3.36. The fraction of sp³-hybridized carbons (Fsp3) is 0.500. The van der Waals surface area contributed by atoms with Gasteiger partial charge in [-0.05, 0) is 36.0 Å². The van der Waals surface area contributed by atoms with E-state index < -0.39 is 0 Å². The van der Waals surface area contributed by atoms with Crippen molar-refractivity contribution in [3.63, 3.8) is 0 Å². The Kier molecular flexibility index (Phi) is 5.83. The van der Waals surface area contributed by atoms with E-state index in [1.807, 2.05) is 23.1 Å². The van der Waals surface area contributed by atoms with Crippen LogP contribution in [0, 0.1) is 5.41 Å². The van der Waals surface area contributed by atoms with Crippen LogP contribution >= 0.6 is 11.6 Å².